The lowest BCUT2D eigenvalue weighted by molar-refractivity contribution is 0.0905. The van der Waals surface area contributed by atoms with Crippen molar-refractivity contribution in [2.24, 2.45) is 5.92 Å². The highest BCUT2D eigenvalue weighted by Crippen LogP contribution is 2.16. The zero-order chi connectivity index (χ0) is 11.4. The van der Waals surface area contributed by atoms with Crippen molar-refractivity contribution in [2.45, 2.75) is 26.2 Å². The van der Waals surface area contributed by atoms with E-state index in [0.29, 0.717) is 12.3 Å². The van der Waals surface area contributed by atoms with E-state index in [2.05, 4.69) is 11.8 Å². The lowest BCUT2D eigenvalue weighted by atomic mass is 10.0. The summed E-state index contributed by atoms with van der Waals surface area (Å²) in [5, 5.41) is 0. The first kappa shape index (κ1) is 11.4. The van der Waals surface area contributed by atoms with E-state index in [9.17, 15) is 4.79 Å². The molecule has 2 heterocycles. The third-order valence-electron chi connectivity index (χ3n) is 3.27. The average molecular weight is 221 g/mol. The molecule has 1 aromatic rings. The summed E-state index contributed by atoms with van der Waals surface area (Å²) in [4.78, 5) is 14.1. The standard InChI is InChI=1S/C13H19NO2/c1-11-4-2-7-14(8-6-11)10-12(15)13-5-3-9-16-13/h3,5,9,11H,2,4,6-8,10H2,1H3. The van der Waals surface area contributed by atoms with E-state index in [4.69, 9.17) is 4.42 Å². The SMILES string of the molecule is CC1CCCN(CC(=O)c2ccco2)CC1. The van der Waals surface area contributed by atoms with Gasteiger partial charge >= 0.3 is 0 Å². The van der Waals surface area contributed by atoms with Crippen molar-refractivity contribution >= 4 is 5.78 Å². The summed E-state index contributed by atoms with van der Waals surface area (Å²) in [6.45, 7) is 4.86. The number of Topliss-reactive ketones (excluding diaryl/α,β-unsaturated/α-hetero) is 1. The fourth-order valence-electron chi connectivity index (χ4n) is 2.20. The number of hydrogen-bond donors (Lipinski definition) is 0. The molecule has 2 rings (SSSR count). The van der Waals surface area contributed by atoms with E-state index in [-0.39, 0.29) is 5.78 Å². The number of rotatable bonds is 3. The predicted molar refractivity (Wildman–Crippen MR) is 62.5 cm³/mol. The quantitative estimate of drug-likeness (QED) is 0.736. The van der Waals surface area contributed by atoms with Gasteiger partial charge in [0, 0.05) is 0 Å². The van der Waals surface area contributed by atoms with Gasteiger partial charge in [-0.25, -0.2) is 0 Å². The maximum atomic E-state index is 11.8. The van der Waals surface area contributed by atoms with Crippen LogP contribution in [0, 0.1) is 5.92 Å². The fourth-order valence-corrected chi connectivity index (χ4v) is 2.20. The minimum Gasteiger partial charge on any atom is -0.461 e. The van der Waals surface area contributed by atoms with Gasteiger partial charge in [0.05, 0.1) is 12.8 Å². The molecule has 1 unspecified atom stereocenters. The van der Waals surface area contributed by atoms with Gasteiger partial charge in [-0.1, -0.05) is 6.92 Å². The van der Waals surface area contributed by atoms with Crippen LogP contribution in [0.25, 0.3) is 0 Å². The molecule has 0 aromatic carbocycles. The Morgan fingerprint density at radius 1 is 1.50 bits per heavy atom. The molecule has 0 amide bonds. The highest BCUT2D eigenvalue weighted by atomic mass is 16.3. The molecule has 0 aliphatic carbocycles. The van der Waals surface area contributed by atoms with Crippen molar-refractivity contribution in [2.75, 3.05) is 19.6 Å². The molecule has 1 atom stereocenters. The topological polar surface area (TPSA) is 33.5 Å². The molecule has 3 nitrogen and oxygen atoms in total. The normalized spacial score (nSPS) is 22.9. The van der Waals surface area contributed by atoms with Crippen LogP contribution >= 0.6 is 0 Å². The molecule has 0 spiro atoms. The molecule has 1 aromatic heterocycles. The molecule has 88 valence electrons. The van der Waals surface area contributed by atoms with Gasteiger partial charge in [0.25, 0.3) is 0 Å². The molecule has 1 saturated heterocycles. The Morgan fingerprint density at radius 3 is 3.12 bits per heavy atom. The van der Waals surface area contributed by atoms with Crippen molar-refractivity contribution in [3.8, 4) is 0 Å². The van der Waals surface area contributed by atoms with Crippen molar-refractivity contribution in [3.63, 3.8) is 0 Å². The van der Waals surface area contributed by atoms with Crippen molar-refractivity contribution in [1.82, 2.24) is 4.90 Å². The molecule has 16 heavy (non-hydrogen) atoms. The van der Waals surface area contributed by atoms with E-state index in [1.807, 2.05) is 0 Å². The molecule has 3 heteroatoms. The number of likely N-dealkylation sites (tertiary alicyclic amines) is 1. The molecule has 0 saturated carbocycles. The van der Waals surface area contributed by atoms with E-state index >= 15 is 0 Å². The number of hydrogen-bond acceptors (Lipinski definition) is 3. The van der Waals surface area contributed by atoms with Gasteiger partial charge in [0.15, 0.2) is 5.76 Å². The first-order chi connectivity index (χ1) is 7.75. The van der Waals surface area contributed by atoms with Gasteiger partial charge in [-0.05, 0) is 50.4 Å². The minimum atomic E-state index is 0.0968. The van der Waals surface area contributed by atoms with Crippen LogP contribution in [-0.2, 0) is 0 Å². The minimum absolute atomic E-state index is 0.0968. The fraction of sp³-hybridized carbons (Fsp3) is 0.615. The number of furan rings is 1. The van der Waals surface area contributed by atoms with Crippen LogP contribution < -0.4 is 0 Å². The molecule has 0 bridgehead atoms. The zero-order valence-electron chi connectivity index (χ0n) is 9.82. The zero-order valence-corrected chi connectivity index (χ0v) is 9.82. The highest BCUT2D eigenvalue weighted by molar-refractivity contribution is 5.94. The summed E-state index contributed by atoms with van der Waals surface area (Å²) in [7, 11) is 0. The first-order valence-corrected chi connectivity index (χ1v) is 6.05. The number of carbonyl (C=O) groups excluding carboxylic acids is 1. The molecule has 1 fully saturated rings. The first-order valence-electron chi connectivity index (χ1n) is 6.05. The second-order valence-electron chi connectivity index (χ2n) is 4.71. The second-order valence-corrected chi connectivity index (χ2v) is 4.71. The highest BCUT2D eigenvalue weighted by Gasteiger charge is 2.18. The van der Waals surface area contributed by atoms with E-state index in [1.165, 1.54) is 19.3 Å². The van der Waals surface area contributed by atoms with Gasteiger partial charge in [0.2, 0.25) is 5.78 Å². The molecule has 0 N–H and O–H groups in total. The van der Waals surface area contributed by atoms with Crippen LogP contribution in [0.2, 0.25) is 0 Å². The molecular formula is C13H19NO2. The van der Waals surface area contributed by atoms with Crippen molar-refractivity contribution in [1.29, 1.82) is 0 Å². The number of nitrogens with zero attached hydrogens (tertiary/aromatic N) is 1. The number of carbonyl (C=O) groups is 1. The summed E-state index contributed by atoms with van der Waals surface area (Å²) < 4.78 is 5.11. The van der Waals surface area contributed by atoms with Crippen LogP contribution in [0.3, 0.4) is 0 Å². The third-order valence-corrected chi connectivity index (χ3v) is 3.27. The van der Waals surface area contributed by atoms with E-state index in [0.717, 1.165) is 19.0 Å². The second kappa shape index (κ2) is 5.30. The smallest absolute Gasteiger partial charge is 0.211 e. The molecular weight excluding hydrogens is 202 g/mol. The Bertz CT molecular complexity index is 332. The molecule has 1 aliphatic heterocycles. The van der Waals surface area contributed by atoms with Crippen LogP contribution in [0.15, 0.2) is 22.8 Å². The Balaban J connectivity index is 1.87. The summed E-state index contributed by atoms with van der Waals surface area (Å²) in [6.07, 6.45) is 5.24. The Labute approximate surface area is 96.4 Å². The summed E-state index contributed by atoms with van der Waals surface area (Å²) in [5.41, 5.74) is 0. The van der Waals surface area contributed by atoms with Crippen molar-refractivity contribution in [3.05, 3.63) is 24.2 Å². The van der Waals surface area contributed by atoms with Gasteiger partial charge in [0.1, 0.15) is 0 Å². The molecule has 0 radical (unpaired) electrons. The van der Waals surface area contributed by atoms with Crippen molar-refractivity contribution < 1.29 is 9.21 Å². The lowest BCUT2D eigenvalue weighted by Gasteiger charge is -2.18. The van der Waals surface area contributed by atoms with E-state index in [1.54, 1.807) is 18.4 Å². The maximum absolute atomic E-state index is 11.8. The van der Waals surface area contributed by atoms with E-state index < -0.39 is 0 Å². The van der Waals surface area contributed by atoms with Gasteiger partial charge in [-0.15, -0.1) is 0 Å². The van der Waals surface area contributed by atoms with Gasteiger partial charge < -0.3 is 4.42 Å². The Kier molecular flexibility index (Phi) is 3.78. The summed E-state index contributed by atoms with van der Waals surface area (Å²) in [6, 6.07) is 3.50. The van der Waals surface area contributed by atoms with Gasteiger partial charge in [-0.2, -0.15) is 0 Å². The average Bonchev–Trinajstić information content (AvgIpc) is 2.72. The molecule has 1 aliphatic rings. The predicted octanol–water partition coefficient (Wildman–Crippen LogP) is 2.58. The van der Waals surface area contributed by atoms with Crippen LogP contribution in [0.1, 0.15) is 36.7 Å². The van der Waals surface area contributed by atoms with Gasteiger partial charge in [-0.3, -0.25) is 9.69 Å². The largest absolute Gasteiger partial charge is 0.461 e. The monoisotopic (exact) mass is 221 g/mol. The summed E-state index contributed by atoms with van der Waals surface area (Å²) >= 11 is 0. The lowest BCUT2D eigenvalue weighted by Crippen LogP contribution is -2.30. The maximum Gasteiger partial charge on any atom is 0.211 e. The van der Waals surface area contributed by atoms with Crippen LogP contribution in [-0.4, -0.2) is 30.3 Å². The Morgan fingerprint density at radius 2 is 2.38 bits per heavy atom. The Hall–Kier alpha value is -1.09. The van der Waals surface area contributed by atoms with Crippen LogP contribution in [0.5, 0.6) is 0 Å². The summed E-state index contributed by atoms with van der Waals surface area (Å²) in [5.74, 6) is 1.38. The van der Waals surface area contributed by atoms with Crippen LogP contribution in [0.4, 0.5) is 0 Å². The number of ketones is 1. The third kappa shape index (κ3) is 2.95.